The van der Waals surface area contributed by atoms with Gasteiger partial charge >= 0.3 is 0 Å². The van der Waals surface area contributed by atoms with Crippen LogP contribution in [0.1, 0.15) is 49.9 Å². The highest BCUT2D eigenvalue weighted by atomic mass is 15.4. The number of nitrogen functional groups attached to an aromatic ring is 2. The highest BCUT2D eigenvalue weighted by Gasteiger charge is 2.28. The Hall–Kier alpha value is -1.97. The quantitative estimate of drug-likeness (QED) is 0.830. The van der Waals surface area contributed by atoms with Crippen LogP contribution in [0.25, 0.3) is 11.3 Å². The Morgan fingerprint density at radius 3 is 2.53 bits per heavy atom. The van der Waals surface area contributed by atoms with E-state index in [1.807, 2.05) is 6.07 Å². The number of imidazole rings is 1. The van der Waals surface area contributed by atoms with Crippen LogP contribution in [0.5, 0.6) is 0 Å². The molecule has 1 heterocycles. The first-order valence-electron chi connectivity index (χ1n) is 6.82. The molecule has 4 heteroatoms. The van der Waals surface area contributed by atoms with Gasteiger partial charge in [0.05, 0.1) is 0 Å². The van der Waals surface area contributed by atoms with Gasteiger partial charge in [-0.2, -0.15) is 0 Å². The number of anilines is 1. The molecular formula is C15H20N4. The summed E-state index contributed by atoms with van der Waals surface area (Å²) in [6.45, 7) is 4.14. The van der Waals surface area contributed by atoms with Gasteiger partial charge in [0.2, 0.25) is 0 Å². The van der Waals surface area contributed by atoms with Crippen LogP contribution in [-0.4, -0.2) is 9.66 Å². The number of nitrogens with zero attached hydrogens (tertiary/aromatic N) is 2. The lowest BCUT2D eigenvalue weighted by Crippen LogP contribution is -2.16. The number of benzene rings is 1. The van der Waals surface area contributed by atoms with Gasteiger partial charge in [-0.05, 0) is 24.3 Å². The van der Waals surface area contributed by atoms with E-state index in [1.54, 1.807) is 0 Å². The third-order valence-electron chi connectivity index (χ3n) is 3.72. The second-order valence-corrected chi connectivity index (χ2v) is 5.59. The summed E-state index contributed by atoms with van der Waals surface area (Å²) < 4.78 is 1.52. The molecule has 2 aromatic rings. The van der Waals surface area contributed by atoms with E-state index in [0.717, 1.165) is 17.1 Å². The Balaban J connectivity index is 2.14. The van der Waals surface area contributed by atoms with Crippen LogP contribution in [0.4, 0.5) is 5.82 Å². The van der Waals surface area contributed by atoms with Crippen molar-refractivity contribution in [1.29, 1.82) is 0 Å². The SMILES string of the molecule is CC(C)c1nc(-c2ccccc2C2CC2)c(N)n1N. The van der Waals surface area contributed by atoms with Crippen LogP contribution >= 0.6 is 0 Å². The maximum atomic E-state index is 6.14. The number of hydrogen-bond donors (Lipinski definition) is 2. The molecule has 1 fully saturated rings. The van der Waals surface area contributed by atoms with Crippen LogP contribution in [0.3, 0.4) is 0 Å². The summed E-state index contributed by atoms with van der Waals surface area (Å²) in [5.74, 6) is 8.32. The predicted molar refractivity (Wildman–Crippen MR) is 78.3 cm³/mol. The lowest BCUT2D eigenvalue weighted by molar-refractivity contribution is 0.739. The van der Waals surface area contributed by atoms with Crippen LogP contribution in [0.15, 0.2) is 24.3 Å². The molecule has 1 aliphatic rings. The zero-order valence-corrected chi connectivity index (χ0v) is 11.4. The first kappa shape index (κ1) is 12.1. The Morgan fingerprint density at radius 2 is 1.95 bits per heavy atom. The monoisotopic (exact) mass is 256 g/mol. The molecule has 1 aromatic carbocycles. The average molecular weight is 256 g/mol. The summed E-state index contributed by atoms with van der Waals surface area (Å²) in [6, 6.07) is 8.38. The molecule has 100 valence electrons. The van der Waals surface area contributed by atoms with Crippen LogP contribution in [-0.2, 0) is 0 Å². The molecule has 4 nitrogen and oxygen atoms in total. The number of aromatic nitrogens is 2. The summed E-state index contributed by atoms with van der Waals surface area (Å²) >= 11 is 0. The number of rotatable bonds is 3. The summed E-state index contributed by atoms with van der Waals surface area (Å²) in [7, 11) is 0. The van der Waals surface area contributed by atoms with E-state index in [-0.39, 0.29) is 5.92 Å². The first-order valence-corrected chi connectivity index (χ1v) is 6.82. The molecule has 0 radical (unpaired) electrons. The second-order valence-electron chi connectivity index (χ2n) is 5.59. The van der Waals surface area contributed by atoms with Crippen LogP contribution in [0, 0.1) is 0 Å². The average Bonchev–Trinajstić information content (AvgIpc) is 3.18. The highest BCUT2D eigenvalue weighted by molar-refractivity contribution is 5.74. The van der Waals surface area contributed by atoms with Crippen molar-refractivity contribution in [3.8, 4) is 11.3 Å². The summed E-state index contributed by atoms with van der Waals surface area (Å²) in [5.41, 5.74) is 9.45. The lowest BCUT2D eigenvalue weighted by Gasteiger charge is -2.07. The molecule has 1 aliphatic carbocycles. The zero-order chi connectivity index (χ0) is 13.6. The fraction of sp³-hybridized carbons (Fsp3) is 0.400. The maximum Gasteiger partial charge on any atom is 0.150 e. The smallest absolute Gasteiger partial charge is 0.150 e. The first-order chi connectivity index (χ1) is 9.09. The standard InChI is InChI=1S/C15H20N4/c1-9(2)15-18-13(14(16)19(15)17)12-6-4-3-5-11(12)10-7-8-10/h3-6,9-10H,7-8,16-17H2,1-2H3. The molecule has 0 atom stereocenters. The second kappa shape index (κ2) is 4.30. The van der Waals surface area contributed by atoms with Gasteiger partial charge in [-0.3, -0.25) is 0 Å². The topological polar surface area (TPSA) is 69.9 Å². The fourth-order valence-corrected chi connectivity index (χ4v) is 2.53. The van der Waals surface area contributed by atoms with Gasteiger partial charge in [0.15, 0.2) is 5.82 Å². The number of nitrogens with two attached hydrogens (primary N) is 2. The van der Waals surface area contributed by atoms with Crippen LogP contribution < -0.4 is 11.6 Å². The Kier molecular flexibility index (Phi) is 2.73. The van der Waals surface area contributed by atoms with Crippen molar-refractivity contribution in [3.05, 3.63) is 35.7 Å². The van der Waals surface area contributed by atoms with E-state index in [0.29, 0.717) is 11.7 Å². The van der Waals surface area contributed by atoms with E-state index in [1.165, 1.54) is 23.1 Å². The van der Waals surface area contributed by atoms with E-state index in [4.69, 9.17) is 11.6 Å². The minimum atomic E-state index is 0.258. The third-order valence-corrected chi connectivity index (χ3v) is 3.72. The van der Waals surface area contributed by atoms with E-state index < -0.39 is 0 Å². The lowest BCUT2D eigenvalue weighted by atomic mass is 10.0. The summed E-state index contributed by atoms with van der Waals surface area (Å²) in [6.07, 6.45) is 2.52. The molecule has 0 aliphatic heterocycles. The van der Waals surface area contributed by atoms with E-state index in [2.05, 4.69) is 37.0 Å². The van der Waals surface area contributed by atoms with Crippen molar-refractivity contribution in [2.45, 2.75) is 38.5 Å². The van der Waals surface area contributed by atoms with Gasteiger partial charge in [-0.1, -0.05) is 38.1 Å². The predicted octanol–water partition coefficient (Wildman–Crippen LogP) is 2.85. The van der Waals surface area contributed by atoms with Crippen LogP contribution in [0.2, 0.25) is 0 Å². The summed E-state index contributed by atoms with van der Waals surface area (Å²) in [4.78, 5) is 4.66. The van der Waals surface area contributed by atoms with Crippen molar-refractivity contribution >= 4 is 5.82 Å². The Morgan fingerprint density at radius 1 is 1.26 bits per heavy atom. The molecule has 19 heavy (non-hydrogen) atoms. The van der Waals surface area contributed by atoms with Crippen molar-refractivity contribution in [3.63, 3.8) is 0 Å². The molecule has 0 amide bonds. The largest absolute Gasteiger partial charge is 0.382 e. The van der Waals surface area contributed by atoms with E-state index >= 15 is 0 Å². The normalized spacial score (nSPS) is 15.1. The third kappa shape index (κ3) is 1.97. The molecule has 1 aromatic heterocycles. The molecular weight excluding hydrogens is 236 g/mol. The molecule has 0 spiro atoms. The van der Waals surface area contributed by atoms with Crippen molar-refractivity contribution in [2.75, 3.05) is 11.6 Å². The van der Waals surface area contributed by atoms with Gasteiger partial charge in [0.25, 0.3) is 0 Å². The molecule has 0 bridgehead atoms. The van der Waals surface area contributed by atoms with Crippen molar-refractivity contribution < 1.29 is 0 Å². The highest BCUT2D eigenvalue weighted by Crippen LogP contribution is 2.45. The summed E-state index contributed by atoms with van der Waals surface area (Å²) in [5, 5.41) is 0. The fourth-order valence-electron chi connectivity index (χ4n) is 2.53. The maximum absolute atomic E-state index is 6.14. The van der Waals surface area contributed by atoms with Gasteiger partial charge in [-0.25, -0.2) is 9.66 Å². The Labute approximate surface area is 113 Å². The van der Waals surface area contributed by atoms with Gasteiger partial charge in [0, 0.05) is 11.5 Å². The minimum Gasteiger partial charge on any atom is -0.382 e. The van der Waals surface area contributed by atoms with E-state index in [9.17, 15) is 0 Å². The van der Waals surface area contributed by atoms with Crippen molar-refractivity contribution in [2.24, 2.45) is 0 Å². The minimum absolute atomic E-state index is 0.258. The van der Waals surface area contributed by atoms with Gasteiger partial charge < -0.3 is 11.6 Å². The van der Waals surface area contributed by atoms with Crippen molar-refractivity contribution in [1.82, 2.24) is 9.66 Å². The van der Waals surface area contributed by atoms with Gasteiger partial charge in [0.1, 0.15) is 11.5 Å². The molecule has 3 rings (SSSR count). The number of hydrogen-bond acceptors (Lipinski definition) is 3. The molecule has 0 saturated heterocycles. The molecule has 1 saturated carbocycles. The molecule has 4 N–H and O–H groups in total. The molecule has 0 unspecified atom stereocenters. The Bertz CT molecular complexity index is 609. The van der Waals surface area contributed by atoms with Gasteiger partial charge in [-0.15, -0.1) is 0 Å². The zero-order valence-electron chi connectivity index (χ0n) is 11.4.